The summed E-state index contributed by atoms with van der Waals surface area (Å²) in [6.45, 7) is 0.403. The summed E-state index contributed by atoms with van der Waals surface area (Å²) < 4.78 is 56.0. The molecule has 1 aliphatic heterocycles. The molecule has 0 aliphatic carbocycles. The molecular weight excluding hydrogens is 250 g/mol. The molecule has 6 heteroatoms. The van der Waals surface area contributed by atoms with Crippen LogP contribution in [0.15, 0.2) is 23.2 Å². The fourth-order valence-corrected chi connectivity index (χ4v) is 1.80. The first-order chi connectivity index (χ1) is 8.48. The van der Waals surface area contributed by atoms with E-state index in [2.05, 4.69) is 4.99 Å². The lowest BCUT2D eigenvalue weighted by Gasteiger charge is -2.11. The minimum absolute atomic E-state index is 0.0620. The Labute approximate surface area is 101 Å². The monoisotopic (exact) mass is 261 g/mol. The SMILES string of the molecule is Fc1c(CCC2COC=N2)cccc1C(F)(F)F. The molecule has 1 aliphatic rings. The lowest BCUT2D eigenvalue weighted by atomic mass is 10.0. The molecule has 2 rings (SSSR count). The molecule has 0 N–H and O–H groups in total. The van der Waals surface area contributed by atoms with Crippen LogP contribution in [0.2, 0.25) is 0 Å². The highest BCUT2D eigenvalue weighted by Crippen LogP contribution is 2.32. The van der Waals surface area contributed by atoms with Crippen molar-refractivity contribution in [3.05, 3.63) is 35.1 Å². The van der Waals surface area contributed by atoms with Gasteiger partial charge in [0.15, 0.2) is 6.40 Å². The largest absolute Gasteiger partial charge is 0.481 e. The minimum Gasteiger partial charge on any atom is -0.481 e. The number of rotatable bonds is 3. The number of alkyl halides is 3. The maximum atomic E-state index is 13.7. The topological polar surface area (TPSA) is 21.6 Å². The van der Waals surface area contributed by atoms with Gasteiger partial charge >= 0.3 is 6.18 Å². The zero-order chi connectivity index (χ0) is 13.2. The summed E-state index contributed by atoms with van der Waals surface area (Å²) in [5.74, 6) is -1.19. The van der Waals surface area contributed by atoms with Crippen molar-refractivity contribution in [3.8, 4) is 0 Å². The van der Waals surface area contributed by atoms with Crippen LogP contribution in [-0.4, -0.2) is 19.0 Å². The van der Waals surface area contributed by atoms with E-state index in [4.69, 9.17) is 4.74 Å². The molecule has 0 amide bonds. The number of halogens is 4. The van der Waals surface area contributed by atoms with Gasteiger partial charge in [0.2, 0.25) is 0 Å². The van der Waals surface area contributed by atoms with Gasteiger partial charge in [-0.05, 0) is 24.5 Å². The molecule has 0 aromatic heterocycles. The van der Waals surface area contributed by atoms with Crippen LogP contribution in [-0.2, 0) is 17.3 Å². The van der Waals surface area contributed by atoms with Crippen LogP contribution in [0.4, 0.5) is 17.6 Å². The summed E-state index contributed by atoms with van der Waals surface area (Å²) in [6.07, 6.45) is -2.67. The van der Waals surface area contributed by atoms with Crippen molar-refractivity contribution >= 4 is 6.40 Å². The van der Waals surface area contributed by atoms with Gasteiger partial charge in [0.1, 0.15) is 12.4 Å². The van der Waals surface area contributed by atoms with E-state index in [1.54, 1.807) is 0 Å². The number of nitrogens with zero attached hydrogens (tertiary/aromatic N) is 1. The van der Waals surface area contributed by atoms with Gasteiger partial charge in [-0.25, -0.2) is 4.39 Å². The Balaban J connectivity index is 2.11. The first-order valence-corrected chi connectivity index (χ1v) is 5.46. The van der Waals surface area contributed by atoms with Crippen molar-refractivity contribution in [2.75, 3.05) is 6.61 Å². The molecule has 0 saturated heterocycles. The van der Waals surface area contributed by atoms with Crippen molar-refractivity contribution in [3.63, 3.8) is 0 Å². The van der Waals surface area contributed by atoms with Gasteiger partial charge in [0.25, 0.3) is 0 Å². The van der Waals surface area contributed by atoms with E-state index >= 15 is 0 Å². The van der Waals surface area contributed by atoms with E-state index in [9.17, 15) is 17.6 Å². The van der Waals surface area contributed by atoms with Gasteiger partial charge in [0.05, 0.1) is 11.6 Å². The third-order valence-corrected chi connectivity index (χ3v) is 2.77. The van der Waals surface area contributed by atoms with Crippen LogP contribution in [0.25, 0.3) is 0 Å². The quantitative estimate of drug-likeness (QED) is 0.766. The molecule has 1 aromatic rings. The van der Waals surface area contributed by atoms with Crippen molar-refractivity contribution in [1.82, 2.24) is 0 Å². The molecule has 0 spiro atoms. The molecule has 2 nitrogen and oxygen atoms in total. The minimum atomic E-state index is -4.66. The highest BCUT2D eigenvalue weighted by Gasteiger charge is 2.34. The molecular formula is C12H11F4NO. The van der Waals surface area contributed by atoms with E-state index < -0.39 is 17.6 Å². The zero-order valence-electron chi connectivity index (χ0n) is 9.38. The number of aliphatic imine (C=N–C) groups is 1. The summed E-state index contributed by atoms with van der Waals surface area (Å²) in [7, 11) is 0. The second kappa shape index (κ2) is 4.96. The maximum absolute atomic E-state index is 13.7. The number of benzene rings is 1. The van der Waals surface area contributed by atoms with E-state index in [0.29, 0.717) is 13.0 Å². The summed E-state index contributed by atoms with van der Waals surface area (Å²) in [5, 5.41) is 0. The number of ether oxygens (including phenoxy) is 1. The van der Waals surface area contributed by atoms with Crippen LogP contribution in [0.1, 0.15) is 17.5 Å². The predicted octanol–water partition coefficient (Wildman–Crippen LogP) is 3.20. The van der Waals surface area contributed by atoms with E-state index in [1.165, 1.54) is 18.5 Å². The van der Waals surface area contributed by atoms with Gasteiger partial charge in [-0.1, -0.05) is 12.1 Å². The average molecular weight is 261 g/mol. The third kappa shape index (κ3) is 2.80. The summed E-state index contributed by atoms with van der Waals surface area (Å²) in [4.78, 5) is 3.96. The highest BCUT2D eigenvalue weighted by molar-refractivity contribution is 5.48. The molecule has 0 bridgehead atoms. The molecule has 1 aromatic carbocycles. The standard InChI is InChI=1S/C12H11F4NO/c13-11-8(4-5-9-6-18-7-17-9)2-1-3-10(11)12(14,15)16/h1-3,7,9H,4-6H2. The summed E-state index contributed by atoms with van der Waals surface area (Å²) >= 11 is 0. The first kappa shape index (κ1) is 12.9. The first-order valence-electron chi connectivity index (χ1n) is 5.46. The van der Waals surface area contributed by atoms with Gasteiger partial charge in [-0.2, -0.15) is 13.2 Å². The third-order valence-electron chi connectivity index (χ3n) is 2.77. The number of hydrogen-bond acceptors (Lipinski definition) is 2. The van der Waals surface area contributed by atoms with Gasteiger partial charge in [0, 0.05) is 0 Å². The average Bonchev–Trinajstić information content (AvgIpc) is 2.79. The van der Waals surface area contributed by atoms with Gasteiger partial charge in [-0.15, -0.1) is 0 Å². The molecule has 0 radical (unpaired) electrons. The van der Waals surface area contributed by atoms with Crippen molar-refractivity contribution < 1.29 is 22.3 Å². The lowest BCUT2D eigenvalue weighted by molar-refractivity contribution is -0.140. The number of aryl methyl sites for hydroxylation is 1. The van der Waals surface area contributed by atoms with Crippen LogP contribution < -0.4 is 0 Å². The Morgan fingerprint density at radius 2 is 2.11 bits per heavy atom. The lowest BCUT2D eigenvalue weighted by Crippen LogP contribution is -2.12. The van der Waals surface area contributed by atoms with Crippen molar-refractivity contribution in [2.24, 2.45) is 4.99 Å². The smallest absolute Gasteiger partial charge is 0.419 e. The normalized spacial score (nSPS) is 19.0. The summed E-state index contributed by atoms with van der Waals surface area (Å²) in [5.41, 5.74) is -1.15. The predicted molar refractivity (Wildman–Crippen MR) is 58.0 cm³/mol. The Morgan fingerprint density at radius 1 is 1.33 bits per heavy atom. The highest BCUT2D eigenvalue weighted by atomic mass is 19.4. The second-order valence-corrected chi connectivity index (χ2v) is 4.06. The van der Waals surface area contributed by atoms with Crippen molar-refractivity contribution in [1.29, 1.82) is 0 Å². The second-order valence-electron chi connectivity index (χ2n) is 4.06. The molecule has 1 unspecified atom stereocenters. The van der Waals surface area contributed by atoms with Gasteiger partial charge in [-0.3, -0.25) is 4.99 Å². The molecule has 1 heterocycles. The fraction of sp³-hybridized carbons (Fsp3) is 0.417. The van der Waals surface area contributed by atoms with Crippen LogP contribution >= 0.6 is 0 Å². The Bertz CT molecular complexity index is 456. The Morgan fingerprint density at radius 3 is 2.72 bits per heavy atom. The zero-order valence-corrected chi connectivity index (χ0v) is 9.38. The molecule has 18 heavy (non-hydrogen) atoms. The van der Waals surface area contributed by atoms with Crippen molar-refractivity contribution in [2.45, 2.75) is 25.1 Å². The van der Waals surface area contributed by atoms with Crippen LogP contribution in [0, 0.1) is 5.82 Å². The Hall–Kier alpha value is -1.59. The van der Waals surface area contributed by atoms with E-state index in [-0.39, 0.29) is 18.0 Å². The van der Waals surface area contributed by atoms with Crippen LogP contribution in [0.3, 0.4) is 0 Å². The number of hydrogen-bond donors (Lipinski definition) is 0. The maximum Gasteiger partial charge on any atom is 0.419 e. The molecule has 1 atom stereocenters. The van der Waals surface area contributed by atoms with E-state index in [0.717, 1.165) is 6.07 Å². The van der Waals surface area contributed by atoms with E-state index in [1.807, 2.05) is 0 Å². The summed E-state index contributed by atoms with van der Waals surface area (Å²) in [6, 6.07) is 3.23. The van der Waals surface area contributed by atoms with Gasteiger partial charge < -0.3 is 4.74 Å². The molecule has 98 valence electrons. The fourth-order valence-electron chi connectivity index (χ4n) is 1.80. The molecule has 0 saturated carbocycles. The van der Waals surface area contributed by atoms with Crippen LogP contribution in [0.5, 0.6) is 0 Å². The molecule has 0 fully saturated rings. The Kier molecular flexibility index (Phi) is 3.54.